The zero-order valence-corrected chi connectivity index (χ0v) is 13.4. The first-order chi connectivity index (χ1) is 9.31. The fourth-order valence-electron chi connectivity index (χ4n) is 2.22. The summed E-state index contributed by atoms with van der Waals surface area (Å²) in [7, 11) is -3.53. The van der Waals surface area contributed by atoms with Crippen LogP contribution in [0, 0.1) is 20.8 Å². The second-order valence-corrected chi connectivity index (χ2v) is 7.34. The number of nitrogens with one attached hydrogen (secondary N) is 1. The normalized spacial score (nSPS) is 11.8. The van der Waals surface area contributed by atoms with Gasteiger partial charge in [-0.3, -0.25) is 0 Å². The average Bonchev–Trinajstić information content (AvgIpc) is 2.70. The van der Waals surface area contributed by atoms with Gasteiger partial charge in [-0.1, -0.05) is 0 Å². The molecule has 20 heavy (non-hydrogen) atoms. The molecule has 2 rings (SSSR count). The predicted molar refractivity (Wildman–Crippen MR) is 83.4 cm³/mol. The highest BCUT2D eigenvalue weighted by atomic mass is 32.2. The molecule has 0 unspecified atom stereocenters. The monoisotopic (exact) mass is 310 g/mol. The quantitative estimate of drug-likeness (QED) is 0.853. The van der Waals surface area contributed by atoms with Crippen molar-refractivity contribution in [1.82, 2.24) is 4.72 Å². The van der Waals surface area contributed by atoms with E-state index in [1.54, 1.807) is 37.3 Å². The maximum atomic E-state index is 12.4. The second-order valence-electron chi connectivity index (χ2n) is 4.89. The van der Waals surface area contributed by atoms with E-state index in [1.807, 2.05) is 17.7 Å². The molecule has 0 aliphatic rings. The molecule has 108 valence electrons. The first-order valence-electron chi connectivity index (χ1n) is 6.19. The van der Waals surface area contributed by atoms with Crippen molar-refractivity contribution >= 4 is 27.0 Å². The molecule has 0 aliphatic heterocycles. The highest BCUT2D eigenvalue weighted by Crippen LogP contribution is 2.23. The Morgan fingerprint density at radius 3 is 2.20 bits per heavy atom. The topological polar surface area (TPSA) is 72.2 Å². The van der Waals surface area contributed by atoms with Crippen molar-refractivity contribution < 1.29 is 8.42 Å². The molecule has 0 saturated heterocycles. The maximum absolute atomic E-state index is 12.4. The molecular formula is C14H18N2O2S2. The van der Waals surface area contributed by atoms with Crippen molar-refractivity contribution in [3.05, 3.63) is 45.1 Å². The third-order valence-corrected chi connectivity index (χ3v) is 5.78. The number of nitrogens with two attached hydrogens (primary N) is 1. The van der Waals surface area contributed by atoms with Crippen molar-refractivity contribution in [2.45, 2.75) is 32.2 Å². The van der Waals surface area contributed by atoms with Crippen molar-refractivity contribution in [3.8, 4) is 0 Å². The van der Waals surface area contributed by atoms with Crippen molar-refractivity contribution in [2.24, 2.45) is 0 Å². The largest absolute Gasteiger partial charge is 0.399 e. The fraction of sp³-hybridized carbons (Fsp3) is 0.286. The Morgan fingerprint density at radius 1 is 1.10 bits per heavy atom. The molecule has 0 bridgehead atoms. The molecule has 1 aromatic carbocycles. The van der Waals surface area contributed by atoms with Gasteiger partial charge in [0, 0.05) is 12.2 Å². The molecule has 0 spiro atoms. The van der Waals surface area contributed by atoms with Gasteiger partial charge >= 0.3 is 0 Å². The highest BCUT2D eigenvalue weighted by Gasteiger charge is 2.20. The van der Waals surface area contributed by atoms with Crippen LogP contribution in [0.3, 0.4) is 0 Å². The van der Waals surface area contributed by atoms with Gasteiger partial charge in [0.25, 0.3) is 0 Å². The van der Waals surface area contributed by atoms with Gasteiger partial charge in [-0.25, -0.2) is 13.1 Å². The van der Waals surface area contributed by atoms with E-state index in [-0.39, 0.29) is 0 Å². The summed E-state index contributed by atoms with van der Waals surface area (Å²) >= 11 is 1.57. The van der Waals surface area contributed by atoms with E-state index in [1.165, 1.54) is 0 Å². The Bertz CT molecular complexity index is 710. The van der Waals surface area contributed by atoms with Crippen LogP contribution < -0.4 is 10.5 Å². The summed E-state index contributed by atoms with van der Waals surface area (Å²) in [6, 6.07) is 3.36. The van der Waals surface area contributed by atoms with E-state index < -0.39 is 10.0 Å². The number of nitrogen functional groups attached to an aromatic ring is 1. The number of aryl methyl sites for hydroxylation is 3. The summed E-state index contributed by atoms with van der Waals surface area (Å²) in [6.07, 6.45) is 0. The lowest BCUT2D eigenvalue weighted by molar-refractivity contribution is 0.580. The zero-order chi connectivity index (χ0) is 14.9. The van der Waals surface area contributed by atoms with Crippen LogP contribution in [0.5, 0.6) is 0 Å². The molecule has 0 fully saturated rings. The van der Waals surface area contributed by atoms with Gasteiger partial charge in [-0.05, 0) is 65.9 Å². The number of hydrogen-bond donors (Lipinski definition) is 2. The molecule has 1 heterocycles. The maximum Gasteiger partial charge on any atom is 0.241 e. The van der Waals surface area contributed by atoms with E-state index in [2.05, 4.69) is 4.72 Å². The van der Waals surface area contributed by atoms with Gasteiger partial charge in [-0.2, -0.15) is 11.3 Å². The third-order valence-electron chi connectivity index (χ3n) is 3.17. The Morgan fingerprint density at radius 2 is 1.70 bits per heavy atom. The van der Waals surface area contributed by atoms with E-state index in [0.29, 0.717) is 28.3 Å². The molecular weight excluding hydrogens is 292 g/mol. The van der Waals surface area contributed by atoms with Crippen LogP contribution in [-0.4, -0.2) is 8.42 Å². The van der Waals surface area contributed by atoms with Gasteiger partial charge in [0.05, 0.1) is 4.90 Å². The van der Waals surface area contributed by atoms with E-state index in [4.69, 9.17) is 5.73 Å². The molecule has 4 nitrogen and oxygen atoms in total. The average molecular weight is 310 g/mol. The fourth-order valence-corrected chi connectivity index (χ4v) is 4.53. The number of rotatable bonds is 4. The predicted octanol–water partition coefficient (Wildman–Crippen LogP) is 2.73. The van der Waals surface area contributed by atoms with Gasteiger partial charge in [0.15, 0.2) is 0 Å². The highest BCUT2D eigenvalue weighted by molar-refractivity contribution is 7.89. The first-order valence-corrected chi connectivity index (χ1v) is 8.62. The summed E-state index contributed by atoms with van der Waals surface area (Å²) in [4.78, 5) is 0.319. The summed E-state index contributed by atoms with van der Waals surface area (Å²) in [6.45, 7) is 5.79. The standard InChI is InChI=1S/C14H18N2O2S2/c1-9-4-13(15)5-10(2)14(9)20(17,18)16-6-12-8-19-7-11(12)3/h4-5,7-8,16H,6,15H2,1-3H3. The van der Waals surface area contributed by atoms with Crippen LogP contribution in [-0.2, 0) is 16.6 Å². The van der Waals surface area contributed by atoms with Crippen molar-refractivity contribution in [3.63, 3.8) is 0 Å². The number of thiophene rings is 1. The van der Waals surface area contributed by atoms with E-state index in [9.17, 15) is 8.42 Å². The second kappa shape index (κ2) is 5.55. The Kier molecular flexibility index (Phi) is 4.17. The van der Waals surface area contributed by atoms with Gasteiger partial charge in [0.2, 0.25) is 10.0 Å². The summed E-state index contributed by atoms with van der Waals surface area (Å²) < 4.78 is 27.5. The molecule has 2 aromatic rings. The summed E-state index contributed by atoms with van der Waals surface area (Å²) in [5, 5.41) is 3.96. The molecule has 6 heteroatoms. The van der Waals surface area contributed by atoms with Crippen LogP contribution in [0.1, 0.15) is 22.3 Å². The van der Waals surface area contributed by atoms with E-state index in [0.717, 1.165) is 11.1 Å². The Hall–Kier alpha value is -1.37. The number of sulfonamides is 1. The lowest BCUT2D eigenvalue weighted by Gasteiger charge is -2.13. The molecule has 3 N–H and O–H groups in total. The molecule has 0 saturated carbocycles. The Balaban J connectivity index is 2.30. The van der Waals surface area contributed by atoms with Gasteiger partial charge in [0.1, 0.15) is 0 Å². The lowest BCUT2D eigenvalue weighted by Crippen LogP contribution is -2.25. The minimum Gasteiger partial charge on any atom is -0.399 e. The van der Waals surface area contributed by atoms with E-state index >= 15 is 0 Å². The number of anilines is 1. The Labute approximate surface area is 123 Å². The number of hydrogen-bond acceptors (Lipinski definition) is 4. The summed E-state index contributed by atoms with van der Waals surface area (Å²) in [5.74, 6) is 0. The number of benzene rings is 1. The van der Waals surface area contributed by atoms with Gasteiger partial charge < -0.3 is 5.73 Å². The first kappa shape index (κ1) is 15.0. The smallest absolute Gasteiger partial charge is 0.241 e. The summed E-state index contributed by atoms with van der Waals surface area (Å²) in [5.41, 5.74) is 9.74. The molecule has 0 amide bonds. The molecule has 0 atom stereocenters. The molecule has 0 radical (unpaired) electrons. The molecule has 0 aliphatic carbocycles. The lowest BCUT2D eigenvalue weighted by atomic mass is 10.1. The third kappa shape index (κ3) is 3.03. The molecule has 1 aromatic heterocycles. The van der Waals surface area contributed by atoms with Crippen molar-refractivity contribution in [1.29, 1.82) is 0 Å². The van der Waals surface area contributed by atoms with Gasteiger partial charge in [-0.15, -0.1) is 0 Å². The minimum absolute atomic E-state index is 0.306. The van der Waals surface area contributed by atoms with Crippen LogP contribution in [0.15, 0.2) is 27.8 Å². The van der Waals surface area contributed by atoms with Crippen LogP contribution in [0.2, 0.25) is 0 Å². The van der Waals surface area contributed by atoms with Crippen LogP contribution in [0.25, 0.3) is 0 Å². The zero-order valence-electron chi connectivity index (χ0n) is 11.7. The van der Waals surface area contributed by atoms with Crippen molar-refractivity contribution in [2.75, 3.05) is 5.73 Å². The minimum atomic E-state index is -3.53. The van der Waals surface area contributed by atoms with Crippen LogP contribution >= 0.6 is 11.3 Å². The van der Waals surface area contributed by atoms with Crippen LogP contribution in [0.4, 0.5) is 5.69 Å². The SMILES string of the molecule is Cc1cscc1CNS(=O)(=O)c1c(C)cc(N)cc1C.